The van der Waals surface area contributed by atoms with Crippen molar-refractivity contribution in [1.82, 2.24) is 4.90 Å². The number of rotatable bonds is 2. The third-order valence-corrected chi connectivity index (χ3v) is 5.25. The molecule has 0 radical (unpaired) electrons. The van der Waals surface area contributed by atoms with Gasteiger partial charge in [0, 0.05) is 37.4 Å². The van der Waals surface area contributed by atoms with E-state index in [1.165, 1.54) is 17.7 Å². The van der Waals surface area contributed by atoms with E-state index < -0.39 is 0 Å². The van der Waals surface area contributed by atoms with Gasteiger partial charge >= 0.3 is 0 Å². The van der Waals surface area contributed by atoms with Crippen LogP contribution in [0.2, 0.25) is 0 Å². The summed E-state index contributed by atoms with van der Waals surface area (Å²) in [6.45, 7) is 10.2. The summed E-state index contributed by atoms with van der Waals surface area (Å²) < 4.78 is 13.1. The SMILES string of the molecule is CC(C)(C)c1ccc(C(=S)N2CCN(c3ccc(F)cc3)CC2)cc1. The third kappa shape index (κ3) is 4.18. The van der Waals surface area contributed by atoms with E-state index in [1.54, 1.807) is 0 Å². The van der Waals surface area contributed by atoms with Gasteiger partial charge in [-0.05, 0) is 35.2 Å². The van der Waals surface area contributed by atoms with E-state index in [1.807, 2.05) is 12.1 Å². The first-order chi connectivity index (χ1) is 11.8. The summed E-state index contributed by atoms with van der Waals surface area (Å²) in [6, 6.07) is 15.3. The fourth-order valence-corrected chi connectivity index (χ4v) is 3.43. The fraction of sp³-hybridized carbons (Fsp3) is 0.381. The summed E-state index contributed by atoms with van der Waals surface area (Å²) in [5, 5.41) is 0. The average molecular weight is 357 g/mol. The smallest absolute Gasteiger partial charge is 0.123 e. The lowest BCUT2D eigenvalue weighted by Gasteiger charge is -2.37. The molecule has 1 aliphatic heterocycles. The van der Waals surface area contributed by atoms with Crippen molar-refractivity contribution in [2.75, 3.05) is 31.1 Å². The number of hydrogen-bond acceptors (Lipinski definition) is 2. The van der Waals surface area contributed by atoms with Crippen LogP contribution in [0.5, 0.6) is 0 Å². The van der Waals surface area contributed by atoms with Gasteiger partial charge in [-0.1, -0.05) is 57.3 Å². The lowest BCUT2D eigenvalue weighted by Crippen LogP contribution is -2.48. The molecule has 1 saturated heterocycles. The molecule has 0 bridgehead atoms. The minimum absolute atomic E-state index is 0.154. The summed E-state index contributed by atoms with van der Waals surface area (Å²) in [5.41, 5.74) is 3.65. The molecule has 4 heteroatoms. The topological polar surface area (TPSA) is 6.48 Å². The summed E-state index contributed by atoms with van der Waals surface area (Å²) in [7, 11) is 0. The first kappa shape index (κ1) is 17.9. The summed E-state index contributed by atoms with van der Waals surface area (Å²) >= 11 is 5.71. The first-order valence-electron chi connectivity index (χ1n) is 8.75. The maximum absolute atomic E-state index is 13.1. The van der Waals surface area contributed by atoms with Gasteiger partial charge in [-0.3, -0.25) is 0 Å². The van der Waals surface area contributed by atoms with Gasteiger partial charge in [0.25, 0.3) is 0 Å². The maximum Gasteiger partial charge on any atom is 0.123 e. The molecule has 132 valence electrons. The number of nitrogens with zero attached hydrogens (tertiary/aromatic N) is 2. The molecule has 2 nitrogen and oxygen atoms in total. The van der Waals surface area contributed by atoms with E-state index in [-0.39, 0.29) is 11.2 Å². The number of thiocarbonyl (C=S) groups is 1. The van der Waals surface area contributed by atoms with Crippen molar-refractivity contribution in [2.45, 2.75) is 26.2 Å². The Kier molecular flexibility index (Phi) is 5.09. The Balaban J connectivity index is 1.62. The molecule has 25 heavy (non-hydrogen) atoms. The van der Waals surface area contributed by atoms with Crippen LogP contribution in [0.3, 0.4) is 0 Å². The van der Waals surface area contributed by atoms with Gasteiger partial charge < -0.3 is 9.80 Å². The highest BCUT2D eigenvalue weighted by molar-refractivity contribution is 7.80. The number of halogens is 1. The molecular formula is C21H25FN2S. The third-order valence-electron chi connectivity index (χ3n) is 4.76. The number of anilines is 1. The zero-order chi connectivity index (χ0) is 18.0. The zero-order valence-corrected chi connectivity index (χ0v) is 15.9. The molecule has 1 heterocycles. The van der Waals surface area contributed by atoms with Crippen LogP contribution in [0.25, 0.3) is 0 Å². The number of piperazine rings is 1. The van der Waals surface area contributed by atoms with E-state index in [4.69, 9.17) is 12.2 Å². The monoisotopic (exact) mass is 356 g/mol. The Hall–Kier alpha value is -1.94. The van der Waals surface area contributed by atoms with Crippen molar-refractivity contribution in [3.63, 3.8) is 0 Å². The Labute approximate surface area is 155 Å². The van der Waals surface area contributed by atoms with Crippen LogP contribution < -0.4 is 4.90 Å². The minimum atomic E-state index is -0.192. The van der Waals surface area contributed by atoms with Crippen molar-refractivity contribution in [3.05, 3.63) is 65.5 Å². The van der Waals surface area contributed by atoms with Crippen molar-refractivity contribution in [2.24, 2.45) is 0 Å². The van der Waals surface area contributed by atoms with Crippen LogP contribution in [-0.4, -0.2) is 36.1 Å². The Morgan fingerprint density at radius 2 is 1.44 bits per heavy atom. The van der Waals surface area contributed by atoms with Crippen molar-refractivity contribution in [1.29, 1.82) is 0 Å². The Bertz CT molecular complexity index is 724. The largest absolute Gasteiger partial charge is 0.368 e. The minimum Gasteiger partial charge on any atom is -0.368 e. The highest BCUT2D eigenvalue weighted by Gasteiger charge is 2.20. The molecule has 0 spiro atoms. The van der Waals surface area contributed by atoms with Crippen LogP contribution in [0.1, 0.15) is 31.9 Å². The molecule has 0 atom stereocenters. The quantitative estimate of drug-likeness (QED) is 0.725. The predicted octanol–water partition coefficient (Wildman–Crippen LogP) is 4.62. The van der Waals surface area contributed by atoms with Crippen LogP contribution in [0, 0.1) is 5.82 Å². The average Bonchev–Trinajstić information content (AvgIpc) is 2.61. The van der Waals surface area contributed by atoms with Gasteiger partial charge in [0.05, 0.1) is 0 Å². The van der Waals surface area contributed by atoms with Gasteiger partial charge in [0.2, 0.25) is 0 Å². The molecule has 0 unspecified atom stereocenters. The van der Waals surface area contributed by atoms with Gasteiger partial charge in [-0.15, -0.1) is 0 Å². The predicted molar refractivity (Wildman–Crippen MR) is 107 cm³/mol. The summed E-state index contributed by atoms with van der Waals surface area (Å²) in [4.78, 5) is 5.46. The second-order valence-electron chi connectivity index (χ2n) is 7.58. The Morgan fingerprint density at radius 3 is 1.96 bits per heavy atom. The molecular weight excluding hydrogens is 331 g/mol. The normalized spacial score (nSPS) is 15.4. The van der Waals surface area contributed by atoms with Crippen molar-refractivity contribution < 1.29 is 4.39 Å². The van der Waals surface area contributed by atoms with Crippen LogP contribution in [-0.2, 0) is 5.41 Å². The van der Waals surface area contributed by atoms with Gasteiger partial charge in [-0.25, -0.2) is 4.39 Å². The highest BCUT2D eigenvalue weighted by Crippen LogP contribution is 2.23. The van der Waals surface area contributed by atoms with Gasteiger partial charge in [-0.2, -0.15) is 0 Å². The van der Waals surface area contributed by atoms with Crippen molar-refractivity contribution in [3.8, 4) is 0 Å². The lowest BCUT2D eigenvalue weighted by atomic mass is 9.87. The maximum atomic E-state index is 13.1. The molecule has 2 aromatic carbocycles. The fourth-order valence-electron chi connectivity index (χ4n) is 3.12. The number of hydrogen-bond donors (Lipinski definition) is 0. The van der Waals surface area contributed by atoms with Gasteiger partial charge in [0.1, 0.15) is 10.8 Å². The lowest BCUT2D eigenvalue weighted by molar-refractivity contribution is 0.392. The van der Waals surface area contributed by atoms with E-state index in [0.29, 0.717) is 0 Å². The standard InChI is InChI=1S/C21H25FN2S/c1-21(2,3)17-6-4-16(5-7-17)20(25)24-14-12-23(13-15-24)19-10-8-18(22)9-11-19/h4-11H,12-15H2,1-3H3. The second kappa shape index (κ2) is 7.12. The van der Waals surface area contributed by atoms with Gasteiger partial charge in [0.15, 0.2) is 0 Å². The van der Waals surface area contributed by atoms with Crippen LogP contribution >= 0.6 is 12.2 Å². The van der Waals surface area contributed by atoms with E-state index >= 15 is 0 Å². The summed E-state index contributed by atoms with van der Waals surface area (Å²) in [5.74, 6) is -0.192. The molecule has 1 aliphatic rings. The van der Waals surface area contributed by atoms with Crippen LogP contribution in [0.4, 0.5) is 10.1 Å². The second-order valence-corrected chi connectivity index (χ2v) is 7.97. The zero-order valence-electron chi connectivity index (χ0n) is 15.1. The molecule has 1 fully saturated rings. The molecule has 0 saturated carbocycles. The molecule has 3 rings (SSSR count). The molecule has 2 aromatic rings. The van der Waals surface area contributed by atoms with Crippen molar-refractivity contribution >= 4 is 22.9 Å². The Morgan fingerprint density at radius 1 is 0.880 bits per heavy atom. The van der Waals surface area contributed by atoms with E-state index in [9.17, 15) is 4.39 Å². The summed E-state index contributed by atoms with van der Waals surface area (Å²) in [6.07, 6.45) is 0. The molecule has 0 amide bonds. The van der Waals surface area contributed by atoms with E-state index in [0.717, 1.165) is 42.4 Å². The number of benzene rings is 2. The molecule has 0 aliphatic carbocycles. The highest BCUT2D eigenvalue weighted by atomic mass is 32.1. The molecule has 0 aromatic heterocycles. The van der Waals surface area contributed by atoms with E-state index in [2.05, 4.69) is 54.8 Å². The van der Waals surface area contributed by atoms with Crippen LogP contribution in [0.15, 0.2) is 48.5 Å². The molecule has 0 N–H and O–H groups in total. The first-order valence-corrected chi connectivity index (χ1v) is 9.16.